The lowest BCUT2D eigenvalue weighted by molar-refractivity contribution is -0.136. The van der Waals surface area contributed by atoms with Crippen LogP contribution in [0.3, 0.4) is 0 Å². The maximum absolute atomic E-state index is 11.9. The number of hydrogen-bond donors (Lipinski definition) is 0. The van der Waals surface area contributed by atoms with Crippen molar-refractivity contribution in [1.29, 1.82) is 0 Å². The summed E-state index contributed by atoms with van der Waals surface area (Å²) in [6, 6.07) is 13.3. The normalized spacial score (nSPS) is 10.3. The second-order valence-electron chi connectivity index (χ2n) is 5.33. The number of aromatic nitrogens is 2. The van der Waals surface area contributed by atoms with Gasteiger partial charge in [-0.2, -0.15) is 0 Å². The van der Waals surface area contributed by atoms with E-state index in [4.69, 9.17) is 13.9 Å². The van der Waals surface area contributed by atoms with Gasteiger partial charge < -0.3 is 13.9 Å². The lowest BCUT2D eigenvalue weighted by Gasteiger charge is -2.07. The number of hydrogen-bond acceptors (Lipinski definition) is 7. The smallest absolute Gasteiger partial charge is 0.349 e. The van der Waals surface area contributed by atoms with Crippen LogP contribution in [0.2, 0.25) is 0 Å². The van der Waals surface area contributed by atoms with E-state index in [9.17, 15) is 9.59 Å². The Labute approximate surface area is 149 Å². The zero-order chi connectivity index (χ0) is 18.4. The molecule has 0 saturated carbocycles. The lowest BCUT2D eigenvalue weighted by atomic mass is 10.1. The molecule has 1 aromatic heterocycles. The van der Waals surface area contributed by atoms with Crippen LogP contribution in [0.25, 0.3) is 11.5 Å². The maximum Gasteiger partial charge on any atom is 0.349 e. The molecule has 0 unspecified atom stereocenters. The Bertz CT molecular complexity index is 871. The molecule has 3 aromatic rings. The quantitative estimate of drug-likeness (QED) is 0.366. The number of nitrogens with zero attached hydrogens (tertiary/aromatic N) is 2. The van der Waals surface area contributed by atoms with Crippen LogP contribution < -0.4 is 9.47 Å². The molecule has 0 bridgehead atoms. The molecule has 0 amide bonds. The minimum atomic E-state index is -0.538. The molecule has 0 aliphatic heterocycles. The first-order valence-corrected chi connectivity index (χ1v) is 7.99. The fourth-order valence-electron chi connectivity index (χ4n) is 2.21. The van der Waals surface area contributed by atoms with Crippen molar-refractivity contribution < 1.29 is 23.5 Å². The van der Waals surface area contributed by atoms with Gasteiger partial charge in [-0.1, -0.05) is 6.92 Å². The van der Waals surface area contributed by atoms with E-state index in [1.54, 1.807) is 55.5 Å². The van der Waals surface area contributed by atoms with Crippen LogP contribution in [-0.2, 0) is 4.79 Å². The van der Waals surface area contributed by atoms with Gasteiger partial charge in [0.15, 0.2) is 12.4 Å². The summed E-state index contributed by atoms with van der Waals surface area (Å²) in [4.78, 5) is 23.4. The van der Waals surface area contributed by atoms with Gasteiger partial charge in [0.1, 0.15) is 11.5 Å². The molecule has 132 valence electrons. The molecule has 3 rings (SSSR count). The third-order valence-electron chi connectivity index (χ3n) is 3.55. The van der Waals surface area contributed by atoms with Gasteiger partial charge in [0.05, 0.1) is 0 Å². The van der Waals surface area contributed by atoms with E-state index in [0.29, 0.717) is 29.4 Å². The first kappa shape index (κ1) is 17.3. The summed E-state index contributed by atoms with van der Waals surface area (Å²) in [6.45, 7) is 1.56. The van der Waals surface area contributed by atoms with Gasteiger partial charge in [-0.3, -0.25) is 4.79 Å². The van der Waals surface area contributed by atoms with Gasteiger partial charge in [0, 0.05) is 17.5 Å². The average molecular weight is 352 g/mol. The Morgan fingerprint density at radius 1 is 1.00 bits per heavy atom. The highest BCUT2D eigenvalue weighted by molar-refractivity contribution is 5.95. The summed E-state index contributed by atoms with van der Waals surface area (Å²) in [5, 5.41) is 7.40. The fraction of sp³-hybridized carbons (Fsp3) is 0.158. The van der Waals surface area contributed by atoms with Gasteiger partial charge >= 0.3 is 5.97 Å². The molecular weight excluding hydrogens is 336 g/mol. The van der Waals surface area contributed by atoms with Crippen LogP contribution in [0.4, 0.5) is 0 Å². The van der Waals surface area contributed by atoms with Crippen LogP contribution in [-0.4, -0.2) is 28.6 Å². The van der Waals surface area contributed by atoms with Crippen molar-refractivity contribution in [2.45, 2.75) is 13.3 Å². The number of ketones is 1. The Morgan fingerprint density at radius 3 is 2.31 bits per heavy atom. The summed E-state index contributed by atoms with van der Waals surface area (Å²) in [6.07, 6.45) is 1.68. The van der Waals surface area contributed by atoms with E-state index in [0.717, 1.165) is 5.56 Å². The molecule has 1 heterocycles. The van der Waals surface area contributed by atoms with Crippen LogP contribution in [0, 0.1) is 0 Å². The van der Waals surface area contributed by atoms with E-state index < -0.39 is 5.97 Å². The Kier molecular flexibility index (Phi) is 5.38. The maximum atomic E-state index is 11.9. The van der Waals surface area contributed by atoms with E-state index in [1.165, 1.54) is 6.39 Å². The number of esters is 1. The number of carbonyl (C=O) groups is 2. The number of ether oxygens (including phenoxy) is 2. The minimum absolute atomic E-state index is 0.0555. The molecule has 0 aliphatic rings. The largest absolute Gasteiger partial charge is 0.482 e. The van der Waals surface area contributed by atoms with Crippen molar-refractivity contribution in [2.24, 2.45) is 0 Å². The third kappa shape index (κ3) is 4.32. The second-order valence-corrected chi connectivity index (χ2v) is 5.33. The van der Waals surface area contributed by atoms with Crippen molar-refractivity contribution in [2.75, 3.05) is 6.61 Å². The minimum Gasteiger partial charge on any atom is -0.482 e. The fourth-order valence-corrected chi connectivity index (χ4v) is 2.21. The Hall–Kier alpha value is -3.48. The van der Waals surface area contributed by atoms with Gasteiger partial charge in [0.25, 0.3) is 0 Å². The lowest BCUT2D eigenvalue weighted by Crippen LogP contribution is -2.17. The highest BCUT2D eigenvalue weighted by Crippen LogP contribution is 2.20. The van der Waals surface area contributed by atoms with E-state index >= 15 is 0 Å². The average Bonchev–Trinajstić information content (AvgIpc) is 3.21. The van der Waals surface area contributed by atoms with Crippen molar-refractivity contribution in [3.8, 4) is 23.0 Å². The third-order valence-corrected chi connectivity index (χ3v) is 3.55. The molecule has 26 heavy (non-hydrogen) atoms. The molecule has 0 fully saturated rings. The first-order chi connectivity index (χ1) is 12.7. The molecule has 7 heteroatoms. The van der Waals surface area contributed by atoms with Crippen LogP contribution >= 0.6 is 0 Å². The second kappa shape index (κ2) is 8.06. The van der Waals surface area contributed by atoms with Crippen molar-refractivity contribution in [3.63, 3.8) is 0 Å². The molecule has 2 aromatic carbocycles. The summed E-state index contributed by atoms with van der Waals surface area (Å²) >= 11 is 0. The van der Waals surface area contributed by atoms with Gasteiger partial charge in [-0.05, 0) is 48.5 Å². The predicted octanol–water partition coefficient (Wildman–Crippen LogP) is 3.31. The summed E-state index contributed by atoms with van der Waals surface area (Å²) in [7, 11) is 0. The monoisotopic (exact) mass is 352 g/mol. The molecule has 0 atom stereocenters. The molecule has 0 spiro atoms. The summed E-state index contributed by atoms with van der Waals surface area (Å²) in [5.41, 5.74) is 1.34. The van der Waals surface area contributed by atoms with Crippen LogP contribution in [0.5, 0.6) is 11.5 Å². The first-order valence-electron chi connectivity index (χ1n) is 7.99. The highest BCUT2D eigenvalue weighted by Gasteiger charge is 2.09. The molecule has 0 N–H and O–H groups in total. The molecular formula is C19H16N2O5. The van der Waals surface area contributed by atoms with Crippen LogP contribution in [0.1, 0.15) is 23.7 Å². The molecule has 0 saturated heterocycles. The topological polar surface area (TPSA) is 91.5 Å². The SMILES string of the molecule is CCC(=O)c1ccc(OCC(=O)Oc2ccc(-c3nnco3)cc2)cc1. The Morgan fingerprint density at radius 2 is 1.69 bits per heavy atom. The Balaban J connectivity index is 1.51. The zero-order valence-corrected chi connectivity index (χ0v) is 14.0. The van der Waals surface area contributed by atoms with E-state index in [2.05, 4.69) is 10.2 Å². The number of carbonyl (C=O) groups excluding carboxylic acids is 2. The summed E-state index contributed by atoms with van der Waals surface area (Å²) < 4.78 is 15.7. The van der Waals surface area contributed by atoms with Crippen molar-refractivity contribution >= 4 is 11.8 Å². The highest BCUT2D eigenvalue weighted by atomic mass is 16.6. The predicted molar refractivity (Wildman–Crippen MR) is 91.9 cm³/mol. The number of rotatable bonds is 7. The molecule has 0 aliphatic carbocycles. The molecule has 7 nitrogen and oxygen atoms in total. The van der Waals surface area contributed by atoms with Crippen molar-refractivity contribution in [1.82, 2.24) is 10.2 Å². The number of Topliss-reactive ketones (excluding diaryl/α,β-unsaturated/α-hetero) is 1. The zero-order valence-electron chi connectivity index (χ0n) is 14.0. The van der Waals surface area contributed by atoms with Crippen LogP contribution in [0.15, 0.2) is 59.3 Å². The van der Waals surface area contributed by atoms with E-state index in [-0.39, 0.29) is 12.4 Å². The standard InChI is InChI=1S/C19H16N2O5/c1-2-17(22)13-3-7-15(8-4-13)24-11-18(23)26-16-9-5-14(6-10-16)19-21-20-12-25-19/h3-10,12H,2,11H2,1H3. The van der Waals surface area contributed by atoms with Gasteiger partial charge in [-0.15, -0.1) is 10.2 Å². The number of benzene rings is 2. The van der Waals surface area contributed by atoms with Gasteiger partial charge in [0.2, 0.25) is 12.3 Å². The van der Waals surface area contributed by atoms with Gasteiger partial charge in [-0.25, -0.2) is 4.79 Å². The van der Waals surface area contributed by atoms with E-state index in [1.807, 2.05) is 0 Å². The summed E-state index contributed by atoms with van der Waals surface area (Å²) in [5.74, 6) is 0.771. The molecule has 0 radical (unpaired) electrons. The van der Waals surface area contributed by atoms with Crippen molar-refractivity contribution in [3.05, 3.63) is 60.5 Å².